The van der Waals surface area contributed by atoms with Crippen molar-refractivity contribution in [2.75, 3.05) is 18.1 Å². The monoisotopic (exact) mass is 187 g/mol. The second-order valence-electron chi connectivity index (χ2n) is 3.59. The van der Waals surface area contributed by atoms with E-state index in [1.165, 1.54) is 0 Å². The summed E-state index contributed by atoms with van der Waals surface area (Å²) >= 11 is 1.87. The van der Waals surface area contributed by atoms with Gasteiger partial charge in [-0.2, -0.15) is 11.8 Å². The highest BCUT2D eigenvalue weighted by atomic mass is 32.2. The van der Waals surface area contributed by atoms with Crippen molar-refractivity contribution in [1.82, 2.24) is 5.32 Å². The molecule has 0 bridgehead atoms. The number of thioether (sulfide) groups is 1. The second kappa shape index (κ2) is 2.92. The van der Waals surface area contributed by atoms with Crippen LogP contribution in [0.1, 0.15) is 12.8 Å². The van der Waals surface area contributed by atoms with Crippen LogP contribution in [0.15, 0.2) is 0 Å². The number of rotatable bonds is 1. The Morgan fingerprint density at radius 3 is 3.17 bits per heavy atom. The molecule has 0 aromatic rings. The van der Waals surface area contributed by atoms with E-state index in [1.54, 1.807) is 0 Å². The fraction of sp³-hybridized carbons (Fsp3) is 0.875. The van der Waals surface area contributed by atoms with E-state index in [-0.39, 0.29) is 24.0 Å². The lowest BCUT2D eigenvalue weighted by atomic mass is 9.86. The highest BCUT2D eigenvalue weighted by Crippen LogP contribution is 2.39. The molecule has 2 heterocycles. The normalized spacial score (nSPS) is 40.8. The summed E-state index contributed by atoms with van der Waals surface area (Å²) in [5, 5.41) is 12.1. The molecule has 0 aliphatic carbocycles. The zero-order valence-corrected chi connectivity index (χ0v) is 7.69. The molecule has 12 heavy (non-hydrogen) atoms. The Morgan fingerprint density at radius 1 is 1.75 bits per heavy atom. The van der Waals surface area contributed by atoms with Gasteiger partial charge >= 0.3 is 0 Å². The Bertz CT molecular complexity index is 201. The standard InChI is InChI=1S/C8H13NO2S/c10-4-6-3-7(11)9-8(6)1-2-12-5-8/h6,10H,1-5H2,(H,9,11). The molecular weight excluding hydrogens is 174 g/mol. The molecule has 1 spiro atoms. The predicted molar refractivity (Wildman–Crippen MR) is 48.0 cm³/mol. The van der Waals surface area contributed by atoms with Crippen molar-refractivity contribution in [1.29, 1.82) is 0 Å². The topological polar surface area (TPSA) is 49.3 Å². The van der Waals surface area contributed by atoms with Gasteiger partial charge in [0.15, 0.2) is 0 Å². The van der Waals surface area contributed by atoms with Crippen molar-refractivity contribution in [2.45, 2.75) is 18.4 Å². The number of aliphatic hydroxyl groups is 1. The van der Waals surface area contributed by atoms with Crippen LogP contribution in [0.3, 0.4) is 0 Å². The summed E-state index contributed by atoms with van der Waals surface area (Å²) in [5.74, 6) is 2.34. The van der Waals surface area contributed by atoms with Crippen LogP contribution in [0.2, 0.25) is 0 Å². The smallest absolute Gasteiger partial charge is 0.220 e. The van der Waals surface area contributed by atoms with E-state index in [9.17, 15) is 4.79 Å². The quantitative estimate of drug-likeness (QED) is 0.607. The summed E-state index contributed by atoms with van der Waals surface area (Å²) in [6.45, 7) is 0.138. The highest BCUT2D eigenvalue weighted by molar-refractivity contribution is 7.99. The summed E-state index contributed by atoms with van der Waals surface area (Å²) in [6, 6.07) is 0. The third kappa shape index (κ3) is 1.13. The van der Waals surface area contributed by atoms with Crippen LogP contribution in [0, 0.1) is 5.92 Å². The first-order chi connectivity index (χ1) is 5.77. The van der Waals surface area contributed by atoms with Gasteiger partial charge in [0.1, 0.15) is 0 Å². The van der Waals surface area contributed by atoms with Crippen LogP contribution in [0.4, 0.5) is 0 Å². The Morgan fingerprint density at radius 2 is 2.58 bits per heavy atom. The SMILES string of the molecule is O=C1CC(CO)C2(CCSC2)N1. The fourth-order valence-electron chi connectivity index (χ4n) is 2.09. The second-order valence-corrected chi connectivity index (χ2v) is 4.70. The number of hydrogen-bond acceptors (Lipinski definition) is 3. The molecule has 2 aliphatic heterocycles. The molecule has 2 fully saturated rings. The van der Waals surface area contributed by atoms with Crippen molar-refractivity contribution in [3.05, 3.63) is 0 Å². The Hall–Kier alpha value is -0.220. The fourth-order valence-corrected chi connectivity index (χ4v) is 3.56. The molecule has 2 atom stereocenters. The molecule has 2 N–H and O–H groups in total. The van der Waals surface area contributed by atoms with Gasteiger partial charge in [0.2, 0.25) is 5.91 Å². The van der Waals surface area contributed by atoms with Crippen LogP contribution < -0.4 is 5.32 Å². The van der Waals surface area contributed by atoms with Gasteiger partial charge in [-0.3, -0.25) is 4.79 Å². The van der Waals surface area contributed by atoms with Gasteiger partial charge in [-0.25, -0.2) is 0 Å². The van der Waals surface area contributed by atoms with Crippen LogP contribution in [0.5, 0.6) is 0 Å². The molecule has 3 nitrogen and oxygen atoms in total. The maximum atomic E-state index is 11.1. The van der Waals surface area contributed by atoms with Crippen LogP contribution in [0.25, 0.3) is 0 Å². The summed E-state index contributed by atoms with van der Waals surface area (Å²) in [7, 11) is 0. The first kappa shape index (κ1) is 8.38. The van der Waals surface area contributed by atoms with E-state index < -0.39 is 0 Å². The predicted octanol–water partition coefficient (Wildman–Crippen LogP) is -0.00950. The maximum absolute atomic E-state index is 11.1. The van der Waals surface area contributed by atoms with E-state index in [4.69, 9.17) is 5.11 Å². The van der Waals surface area contributed by atoms with Gasteiger partial charge in [-0.1, -0.05) is 0 Å². The van der Waals surface area contributed by atoms with Crippen molar-refractivity contribution in [3.63, 3.8) is 0 Å². The Balaban J connectivity index is 2.16. The number of hydrogen-bond donors (Lipinski definition) is 2. The van der Waals surface area contributed by atoms with E-state index in [2.05, 4.69) is 5.32 Å². The maximum Gasteiger partial charge on any atom is 0.220 e. The van der Waals surface area contributed by atoms with Crippen molar-refractivity contribution >= 4 is 17.7 Å². The third-order valence-electron chi connectivity index (χ3n) is 2.87. The van der Waals surface area contributed by atoms with Crippen molar-refractivity contribution < 1.29 is 9.90 Å². The minimum Gasteiger partial charge on any atom is -0.396 e. The van der Waals surface area contributed by atoms with Crippen LogP contribution in [-0.4, -0.2) is 34.7 Å². The minimum absolute atomic E-state index is 0.0590. The van der Waals surface area contributed by atoms with Gasteiger partial charge < -0.3 is 10.4 Å². The van der Waals surface area contributed by atoms with Gasteiger partial charge in [0.25, 0.3) is 0 Å². The summed E-state index contributed by atoms with van der Waals surface area (Å²) in [4.78, 5) is 11.1. The van der Waals surface area contributed by atoms with Crippen molar-refractivity contribution in [3.8, 4) is 0 Å². The minimum atomic E-state index is -0.0590. The summed E-state index contributed by atoms with van der Waals surface area (Å²) in [5.41, 5.74) is -0.0590. The van der Waals surface area contributed by atoms with E-state index >= 15 is 0 Å². The lowest BCUT2D eigenvalue weighted by Gasteiger charge is -2.28. The molecule has 1 amide bonds. The third-order valence-corrected chi connectivity index (χ3v) is 4.09. The Kier molecular flexibility index (Phi) is 2.04. The molecule has 2 aliphatic rings. The average molecular weight is 187 g/mol. The Labute approximate surface area is 75.9 Å². The lowest BCUT2D eigenvalue weighted by molar-refractivity contribution is -0.119. The highest BCUT2D eigenvalue weighted by Gasteiger charge is 2.47. The molecule has 2 saturated heterocycles. The molecule has 2 rings (SSSR count). The van der Waals surface area contributed by atoms with Crippen LogP contribution in [-0.2, 0) is 4.79 Å². The lowest BCUT2D eigenvalue weighted by Crippen LogP contribution is -2.47. The first-order valence-electron chi connectivity index (χ1n) is 4.26. The zero-order chi connectivity index (χ0) is 8.60. The van der Waals surface area contributed by atoms with E-state index in [0.29, 0.717) is 6.42 Å². The number of amides is 1. The molecule has 2 unspecified atom stereocenters. The van der Waals surface area contributed by atoms with Gasteiger partial charge in [-0.15, -0.1) is 0 Å². The van der Waals surface area contributed by atoms with E-state index in [1.807, 2.05) is 11.8 Å². The van der Waals surface area contributed by atoms with E-state index in [0.717, 1.165) is 17.9 Å². The molecule has 0 aromatic carbocycles. The number of carbonyl (C=O) groups is 1. The number of carbonyl (C=O) groups excluding carboxylic acids is 1. The van der Waals surface area contributed by atoms with Gasteiger partial charge in [0, 0.05) is 24.7 Å². The van der Waals surface area contributed by atoms with Crippen molar-refractivity contribution in [2.24, 2.45) is 5.92 Å². The summed E-state index contributed by atoms with van der Waals surface area (Å²) in [6.07, 6.45) is 1.53. The van der Waals surface area contributed by atoms with Gasteiger partial charge in [-0.05, 0) is 12.2 Å². The first-order valence-corrected chi connectivity index (χ1v) is 5.42. The van der Waals surface area contributed by atoms with Gasteiger partial charge in [0.05, 0.1) is 5.54 Å². The average Bonchev–Trinajstić information content (AvgIpc) is 2.60. The zero-order valence-electron chi connectivity index (χ0n) is 6.88. The number of nitrogens with one attached hydrogen (secondary N) is 1. The number of aliphatic hydroxyl groups excluding tert-OH is 1. The molecule has 68 valence electrons. The molecular formula is C8H13NO2S. The summed E-state index contributed by atoms with van der Waals surface area (Å²) < 4.78 is 0. The molecule has 0 radical (unpaired) electrons. The van der Waals surface area contributed by atoms with Crippen LogP contribution >= 0.6 is 11.8 Å². The molecule has 0 aromatic heterocycles. The largest absolute Gasteiger partial charge is 0.396 e. The molecule has 0 saturated carbocycles. The molecule has 4 heteroatoms.